The molecule has 0 spiro atoms. The summed E-state index contributed by atoms with van der Waals surface area (Å²) >= 11 is 0. The monoisotopic (exact) mass is 194 g/mol. The summed E-state index contributed by atoms with van der Waals surface area (Å²) < 4.78 is 13.2. The molecular weight excluding hydrogens is 179 g/mol. The summed E-state index contributed by atoms with van der Waals surface area (Å²) in [4.78, 5) is 2.15. The molecule has 72 valence electrons. The molecule has 0 aromatic carbocycles. The van der Waals surface area contributed by atoms with Crippen LogP contribution in [0.3, 0.4) is 0 Å². The van der Waals surface area contributed by atoms with Crippen LogP contribution in [0.5, 0.6) is 0 Å². The van der Waals surface area contributed by atoms with E-state index in [1.165, 1.54) is 0 Å². The van der Waals surface area contributed by atoms with Crippen molar-refractivity contribution in [1.82, 2.24) is 4.90 Å². The molecule has 1 atom stereocenters. The molecule has 1 saturated heterocycles. The van der Waals surface area contributed by atoms with Crippen LogP contribution in [0.4, 0.5) is 4.39 Å². The average molecular weight is 195 g/mol. The van der Waals surface area contributed by atoms with E-state index in [4.69, 9.17) is 5.73 Å². The number of nitrogens with two attached hydrogens (primary N) is 1. The van der Waals surface area contributed by atoms with Gasteiger partial charge in [-0.2, -0.15) is 0 Å². The molecule has 0 radical (unpaired) electrons. The van der Waals surface area contributed by atoms with Gasteiger partial charge in [0.1, 0.15) is 5.67 Å². The van der Waals surface area contributed by atoms with Crippen LogP contribution in [-0.4, -0.2) is 36.2 Å². The third kappa shape index (κ3) is 2.31. The minimum atomic E-state index is -0.829. The maximum atomic E-state index is 13.2. The van der Waals surface area contributed by atoms with E-state index in [9.17, 15) is 4.39 Å². The number of rotatable bonds is 2. The van der Waals surface area contributed by atoms with E-state index < -0.39 is 5.67 Å². The second kappa shape index (κ2) is 3.48. The highest BCUT2D eigenvalue weighted by atomic mass is 35.5. The highest BCUT2D eigenvalue weighted by Gasteiger charge is 2.45. The summed E-state index contributed by atoms with van der Waals surface area (Å²) in [6.07, 6.45) is 2.56. The number of likely N-dealkylation sites (tertiary alicyclic amines) is 1. The van der Waals surface area contributed by atoms with Crippen molar-refractivity contribution in [3.63, 3.8) is 0 Å². The lowest BCUT2D eigenvalue weighted by atomic mass is 10.3. The number of hydrogen-bond acceptors (Lipinski definition) is 2. The second-order valence-electron chi connectivity index (χ2n) is 3.93. The topological polar surface area (TPSA) is 29.3 Å². The molecule has 2 N–H and O–H groups in total. The summed E-state index contributed by atoms with van der Waals surface area (Å²) in [5.74, 6) is 0. The molecule has 2 aliphatic rings. The molecule has 2 rings (SSSR count). The Hall–Kier alpha value is 0.140. The van der Waals surface area contributed by atoms with Crippen LogP contribution < -0.4 is 5.73 Å². The number of alkyl halides is 1. The molecule has 0 aromatic rings. The van der Waals surface area contributed by atoms with Gasteiger partial charge in [0.15, 0.2) is 0 Å². The van der Waals surface area contributed by atoms with E-state index >= 15 is 0 Å². The Morgan fingerprint density at radius 3 is 2.58 bits per heavy atom. The van der Waals surface area contributed by atoms with Crippen molar-refractivity contribution >= 4 is 12.4 Å². The smallest absolute Gasteiger partial charge is 0.123 e. The van der Waals surface area contributed by atoms with Crippen LogP contribution >= 0.6 is 12.4 Å². The molecule has 1 heterocycles. The molecule has 2 fully saturated rings. The van der Waals surface area contributed by atoms with Gasteiger partial charge in [0, 0.05) is 19.1 Å². The summed E-state index contributed by atoms with van der Waals surface area (Å²) in [7, 11) is 0. The highest BCUT2D eigenvalue weighted by molar-refractivity contribution is 5.85. The molecule has 0 amide bonds. The van der Waals surface area contributed by atoms with Gasteiger partial charge >= 0.3 is 0 Å². The van der Waals surface area contributed by atoms with Gasteiger partial charge in [0.25, 0.3) is 0 Å². The summed E-state index contributed by atoms with van der Waals surface area (Å²) in [5.41, 5.74) is 4.87. The SMILES string of the molecule is Cl.N[C@H]1CCN(CC2(F)CC2)C1. The maximum absolute atomic E-state index is 13.2. The standard InChI is InChI=1S/C8H15FN2.ClH/c9-8(2-3-8)6-11-4-1-7(10)5-11;/h7H,1-6,10H2;1H/t7-;/m0./s1. The van der Waals surface area contributed by atoms with Crippen molar-refractivity contribution in [2.24, 2.45) is 5.73 Å². The van der Waals surface area contributed by atoms with E-state index in [1.807, 2.05) is 0 Å². The molecular formula is C8H16ClFN2. The minimum absolute atomic E-state index is 0. The first-order chi connectivity index (χ1) is 5.18. The zero-order valence-corrected chi connectivity index (χ0v) is 7.95. The number of hydrogen-bond donors (Lipinski definition) is 1. The number of halogens is 2. The third-order valence-electron chi connectivity index (χ3n) is 2.61. The van der Waals surface area contributed by atoms with Gasteiger partial charge < -0.3 is 5.73 Å². The van der Waals surface area contributed by atoms with Crippen molar-refractivity contribution in [3.8, 4) is 0 Å². The Balaban J connectivity index is 0.000000720. The lowest BCUT2D eigenvalue weighted by Crippen LogP contribution is -2.32. The Morgan fingerprint density at radius 2 is 2.17 bits per heavy atom. The maximum Gasteiger partial charge on any atom is 0.123 e. The summed E-state index contributed by atoms with van der Waals surface area (Å²) in [6, 6.07) is 0.289. The molecule has 2 nitrogen and oxygen atoms in total. The van der Waals surface area contributed by atoms with Crippen LogP contribution in [0.2, 0.25) is 0 Å². The highest BCUT2D eigenvalue weighted by Crippen LogP contribution is 2.40. The first-order valence-electron chi connectivity index (χ1n) is 4.35. The lowest BCUT2D eigenvalue weighted by Gasteiger charge is -2.16. The van der Waals surface area contributed by atoms with Crippen molar-refractivity contribution in [2.75, 3.05) is 19.6 Å². The average Bonchev–Trinajstić information content (AvgIpc) is 2.49. The van der Waals surface area contributed by atoms with Crippen molar-refractivity contribution in [1.29, 1.82) is 0 Å². The molecule has 0 unspecified atom stereocenters. The quantitative estimate of drug-likeness (QED) is 0.709. The second-order valence-corrected chi connectivity index (χ2v) is 3.93. The van der Waals surface area contributed by atoms with Gasteiger partial charge in [-0.15, -0.1) is 12.4 Å². The molecule has 1 saturated carbocycles. The third-order valence-corrected chi connectivity index (χ3v) is 2.61. The minimum Gasteiger partial charge on any atom is -0.326 e. The van der Waals surface area contributed by atoms with Gasteiger partial charge in [-0.05, 0) is 25.8 Å². The largest absolute Gasteiger partial charge is 0.326 e. The van der Waals surface area contributed by atoms with E-state index in [-0.39, 0.29) is 18.4 Å². The van der Waals surface area contributed by atoms with Gasteiger partial charge in [-0.3, -0.25) is 4.90 Å². The summed E-state index contributed by atoms with van der Waals surface area (Å²) in [6.45, 7) is 2.51. The van der Waals surface area contributed by atoms with Crippen LogP contribution in [0.15, 0.2) is 0 Å². The lowest BCUT2D eigenvalue weighted by molar-refractivity contribution is 0.201. The van der Waals surface area contributed by atoms with Gasteiger partial charge in [-0.1, -0.05) is 0 Å². The fourth-order valence-electron chi connectivity index (χ4n) is 1.70. The van der Waals surface area contributed by atoms with Gasteiger partial charge in [0.05, 0.1) is 0 Å². The summed E-state index contributed by atoms with van der Waals surface area (Å²) in [5, 5.41) is 0. The Labute approximate surface area is 78.7 Å². The number of nitrogens with zero attached hydrogens (tertiary/aromatic N) is 1. The zero-order chi connectivity index (χ0) is 7.90. The molecule has 1 aliphatic carbocycles. The Kier molecular flexibility index (Phi) is 2.97. The van der Waals surface area contributed by atoms with E-state index in [0.717, 1.165) is 32.4 Å². The van der Waals surface area contributed by atoms with Crippen LogP contribution in [0.1, 0.15) is 19.3 Å². The predicted octanol–water partition coefficient (Wildman–Crippen LogP) is 0.943. The first kappa shape index (κ1) is 10.2. The predicted molar refractivity (Wildman–Crippen MR) is 49.4 cm³/mol. The zero-order valence-electron chi connectivity index (χ0n) is 7.13. The fraction of sp³-hybridized carbons (Fsp3) is 1.00. The normalized spacial score (nSPS) is 33.0. The van der Waals surface area contributed by atoms with E-state index in [0.29, 0.717) is 6.54 Å². The fourth-order valence-corrected chi connectivity index (χ4v) is 1.70. The molecule has 12 heavy (non-hydrogen) atoms. The van der Waals surface area contributed by atoms with E-state index in [1.54, 1.807) is 0 Å². The van der Waals surface area contributed by atoms with Gasteiger partial charge in [0.2, 0.25) is 0 Å². The Bertz CT molecular complexity index is 161. The van der Waals surface area contributed by atoms with Crippen LogP contribution in [0.25, 0.3) is 0 Å². The molecule has 4 heteroatoms. The molecule has 0 bridgehead atoms. The van der Waals surface area contributed by atoms with Crippen LogP contribution in [0, 0.1) is 0 Å². The Morgan fingerprint density at radius 1 is 1.50 bits per heavy atom. The van der Waals surface area contributed by atoms with Crippen molar-refractivity contribution < 1.29 is 4.39 Å². The van der Waals surface area contributed by atoms with E-state index in [2.05, 4.69) is 4.90 Å². The van der Waals surface area contributed by atoms with Crippen molar-refractivity contribution in [2.45, 2.75) is 31.0 Å². The van der Waals surface area contributed by atoms with Gasteiger partial charge in [-0.25, -0.2) is 4.39 Å². The first-order valence-corrected chi connectivity index (χ1v) is 4.35. The molecule has 0 aromatic heterocycles. The van der Waals surface area contributed by atoms with Crippen molar-refractivity contribution in [3.05, 3.63) is 0 Å². The molecule has 1 aliphatic heterocycles. The van der Waals surface area contributed by atoms with Crippen LogP contribution in [-0.2, 0) is 0 Å².